The number of rotatable bonds is 5. The molecule has 116 valence electrons. The van der Waals surface area contributed by atoms with Crippen molar-refractivity contribution < 1.29 is 9.53 Å². The van der Waals surface area contributed by atoms with Gasteiger partial charge in [0.15, 0.2) is 0 Å². The summed E-state index contributed by atoms with van der Waals surface area (Å²) in [7, 11) is 1.69. The normalized spacial score (nSPS) is 22.9. The summed E-state index contributed by atoms with van der Waals surface area (Å²) in [5.74, 6) is 0.163. The van der Waals surface area contributed by atoms with Gasteiger partial charge >= 0.3 is 0 Å². The van der Waals surface area contributed by atoms with Crippen LogP contribution in [0.1, 0.15) is 44.5 Å². The lowest BCUT2D eigenvalue weighted by Gasteiger charge is -2.33. The third-order valence-electron chi connectivity index (χ3n) is 4.25. The minimum Gasteiger partial charge on any atom is -0.377 e. The first-order chi connectivity index (χ1) is 9.89. The van der Waals surface area contributed by atoms with E-state index in [-0.39, 0.29) is 23.7 Å². The molecule has 0 bridgehead atoms. The maximum atomic E-state index is 12.6. The van der Waals surface area contributed by atoms with E-state index in [4.69, 9.17) is 4.74 Å². The van der Waals surface area contributed by atoms with Gasteiger partial charge in [0.05, 0.1) is 18.2 Å². The number of ether oxygens (including phenoxy) is 1. The molecule has 0 saturated carbocycles. The van der Waals surface area contributed by atoms with E-state index >= 15 is 0 Å². The second-order valence-electron chi connectivity index (χ2n) is 6.32. The van der Waals surface area contributed by atoms with E-state index < -0.39 is 0 Å². The smallest absolute Gasteiger partial charge is 0.241 e. The Bertz CT molecular complexity index is 513. The van der Waals surface area contributed by atoms with Crippen molar-refractivity contribution >= 4 is 5.91 Å². The molecule has 1 saturated heterocycles. The molecule has 1 aliphatic heterocycles. The highest BCUT2D eigenvalue weighted by Gasteiger charge is 2.41. The molecule has 1 aromatic carbocycles. The van der Waals surface area contributed by atoms with Crippen LogP contribution in [0.15, 0.2) is 24.3 Å². The van der Waals surface area contributed by atoms with Crippen molar-refractivity contribution in [2.75, 3.05) is 13.7 Å². The van der Waals surface area contributed by atoms with Crippen molar-refractivity contribution in [3.63, 3.8) is 0 Å². The van der Waals surface area contributed by atoms with Crippen LogP contribution in [0.25, 0.3) is 0 Å². The van der Waals surface area contributed by atoms with Crippen LogP contribution in [0.2, 0.25) is 0 Å². The van der Waals surface area contributed by atoms with Gasteiger partial charge in [0.2, 0.25) is 5.91 Å². The first-order valence-corrected chi connectivity index (χ1v) is 7.57. The van der Waals surface area contributed by atoms with Crippen LogP contribution in [-0.4, -0.2) is 36.1 Å². The molecule has 2 atom stereocenters. The highest BCUT2D eigenvalue weighted by Crippen LogP contribution is 2.30. The molecule has 1 amide bonds. The lowest BCUT2D eigenvalue weighted by Crippen LogP contribution is -2.43. The number of hydrogen-bond acceptors (Lipinski definition) is 3. The van der Waals surface area contributed by atoms with Crippen molar-refractivity contribution in [1.29, 1.82) is 0 Å². The molecule has 4 nitrogen and oxygen atoms in total. The summed E-state index contributed by atoms with van der Waals surface area (Å²) in [6, 6.07) is 8.11. The number of aryl methyl sites for hydroxylation is 1. The zero-order valence-electron chi connectivity index (χ0n) is 13.6. The van der Waals surface area contributed by atoms with Crippen LogP contribution in [0.5, 0.6) is 0 Å². The summed E-state index contributed by atoms with van der Waals surface area (Å²) in [6.07, 6.45) is 0.726. The molecule has 1 N–H and O–H groups in total. The van der Waals surface area contributed by atoms with Gasteiger partial charge in [-0.15, -0.1) is 0 Å². The van der Waals surface area contributed by atoms with Crippen molar-refractivity contribution in [2.45, 2.75) is 51.9 Å². The third kappa shape index (κ3) is 3.27. The zero-order chi connectivity index (χ0) is 15.6. The number of nitrogens with zero attached hydrogens (tertiary/aromatic N) is 1. The minimum atomic E-state index is -0.360. The van der Waals surface area contributed by atoms with Crippen LogP contribution < -0.4 is 5.32 Å². The van der Waals surface area contributed by atoms with Gasteiger partial charge in [0.25, 0.3) is 0 Å². The molecule has 21 heavy (non-hydrogen) atoms. The van der Waals surface area contributed by atoms with Crippen LogP contribution in [0.4, 0.5) is 0 Å². The van der Waals surface area contributed by atoms with Gasteiger partial charge in [-0.25, -0.2) is 0 Å². The first-order valence-electron chi connectivity index (χ1n) is 7.57. The van der Waals surface area contributed by atoms with E-state index in [1.54, 1.807) is 7.11 Å². The topological polar surface area (TPSA) is 41.6 Å². The van der Waals surface area contributed by atoms with Gasteiger partial charge in [-0.3, -0.25) is 10.1 Å². The number of hydrogen-bond donors (Lipinski definition) is 1. The van der Waals surface area contributed by atoms with Gasteiger partial charge in [-0.1, -0.05) is 31.2 Å². The molecule has 4 heteroatoms. The quantitative estimate of drug-likeness (QED) is 0.906. The largest absolute Gasteiger partial charge is 0.377 e. The summed E-state index contributed by atoms with van der Waals surface area (Å²) >= 11 is 0. The molecule has 1 heterocycles. The highest BCUT2D eigenvalue weighted by molar-refractivity contribution is 5.84. The number of methoxy groups -OCH3 is 1. The van der Waals surface area contributed by atoms with Crippen molar-refractivity contribution in [3.8, 4) is 0 Å². The Morgan fingerprint density at radius 1 is 1.33 bits per heavy atom. The molecular weight excluding hydrogens is 264 g/mol. The SMILES string of the molecule is CCC1NC(c2ccccc2C)N(CC(C)(C)OC)C1=O. The molecule has 1 aliphatic rings. The predicted octanol–water partition coefficient (Wildman–Crippen LogP) is 2.63. The highest BCUT2D eigenvalue weighted by atomic mass is 16.5. The Hall–Kier alpha value is -1.39. The van der Waals surface area contributed by atoms with Crippen LogP contribution in [-0.2, 0) is 9.53 Å². The van der Waals surface area contributed by atoms with E-state index in [0.29, 0.717) is 6.54 Å². The van der Waals surface area contributed by atoms with E-state index in [1.165, 1.54) is 5.56 Å². The summed E-state index contributed by atoms with van der Waals surface area (Å²) in [6.45, 7) is 8.71. The van der Waals surface area contributed by atoms with E-state index in [1.807, 2.05) is 37.8 Å². The zero-order valence-corrected chi connectivity index (χ0v) is 13.6. The van der Waals surface area contributed by atoms with Crippen LogP contribution in [0.3, 0.4) is 0 Å². The van der Waals surface area contributed by atoms with Crippen LogP contribution >= 0.6 is 0 Å². The average molecular weight is 290 g/mol. The number of nitrogens with one attached hydrogen (secondary N) is 1. The predicted molar refractivity (Wildman–Crippen MR) is 83.9 cm³/mol. The minimum absolute atomic E-state index is 0.0712. The molecule has 0 aliphatic carbocycles. The Morgan fingerprint density at radius 3 is 2.57 bits per heavy atom. The fourth-order valence-corrected chi connectivity index (χ4v) is 2.77. The van der Waals surface area contributed by atoms with E-state index in [9.17, 15) is 4.79 Å². The molecule has 0 radical (unpaired) electrons. The van der Waals surface area contributed by atoms with Gasteiger partial charge in [0.1, 0.15) is 6.17 Å². The molecular formula is C17H26N2O2. The number of carbonyl (C=O) groups is 1. The van der Waals surface area contributed by atoms with Crippen molar-refractivity contribution in [1.82, 2.24) is 10.2 Å². The molecule has 2 rings (SSSR count). The Balaban J connectivity index is 2.33. The Kier molecular flexibility index (Phi) is 4.69. The third-order valence-corrected chi connectivity index (χ3v) is 4.25. The summed E-state index contributed by atoms with van der Waals surface area (Å²) in [5.41, 5.74) is 1.99. The van der Waals surface area contributed by atoms with Crippen LogP contribution in [0, 0.1) is 6.92 Å². The van der Waals surface area contributed by atoms with E-state index in [2.05, 4.69) is 24.4 Å². The summed E-state index contributed by atoms with van der Waals surface area (Å²) in [4.78, 5) is 14.5. The molecule has 2 unspecified atom stereocenters. The fourth-order valence-electron chi connectivity index (χ4n) is 2.77. The molecule has 0 spiro atoms. The van der Waals surface area contributed by atoms with Crippen molar-refractivity contribution in [3.05, 3.63) is 35.4 Å². The second-order valence-corrected chi connectivity index (χ2v) is 6.32. The van der Waals surface area contributed by atoms with Crippen molar-refractivity contribution in [2.24, 2.45) is 0 Å². The monoisotopic (exact) mass is 290 g/mol. The van der Waals surface area contributed by atoms with Gasteiger partial charge in [-0.05, 0) is 38.3 Å². The maximum Gasteiger partial charge on any atom is 0.241 e. The maximum absolute atomic E-state index is 12.6. The Morgan fingerprint density at radius 2 is 2.00 bits per heavy atom. The standard InChI is InChI=1S/C17H26N2O2/c1-6-14-16(20)19(11-17(3,4)21-5)15(18-14)13-10-8-7-9-12(13)2/h7-10,14-15,18H,6,11H2,1-5H3. The fraction of sp³-hybridized carbons (Fsp3) is 0.588. The van der Waals surface area contributed by atoms with Gasteiger partial charge in [-0.2, -0.15) is 0 Å². The number of carbonyl (C=O) groups excluding carboxylic acids is 1. The van der Waals surface area contributed by atoms with Gasteiger partial charge < -0.3 is 9.64 Å². The number of benzene rings is 1. The first kappa shape index (κ1) is 16.0. The molecule has 0 aromatic heterocycles. The van der Waals surface area contributed by atoms with Gasteiger partial charge in [0, 0.05) is 7.11 Å². The summed E-state index contributed by atoms with van der Waals surface area (Å²) < 4.78 is 5.51. The average Bonchev–Trinajstić information content (AvgIpc) is 2.76. The molecule has 1 aromatic rings. The lowest BCUT2D eigenvalue weighted by atomic mass is 10.0. The number of amides is 1. The van der Waals surface area contributed by atoms with E-state index in [0.717, 1.165) is 12.0 Å². The second kappa shape index (κ2) is 6.16. The lowest BCUT2D eigenvalue weighted by molar-refractivity contribution is -0.133. The molecule has 1 fully saturated rings. The Labute approximate surface area is 127 Å². The summed E-state index contributed by atoms with van der Waals surface area (Å²) in [5, 5.41) is 3.47.